The first-order chi connectivity index (χ1) is 10.8. The van der Waals surface area contributed by atoms with E-state index in [0.717, 1.165) is 25.8 Å². The second-order valence-corrected chi connectivity index (χ2v) is 6.77. The number of aliphatic hydroxyl groups is 1. The smallest absolute Gasteiger partial charge is 0.286 e. The predicted molar refractivity (Wildman–Crippen MR) is 81.8 cm³/mol. The first-order valence-electron chi connectivity index (χ1n) is 8.65. The zero-order valence-corrected chi connectivity index (χ0v) is 13.1. The molecule has 2 atom stereocenters. The van der Waals surface area contributed by atoms with Gasteiger partial charge in [0.15, 0.2) is 5.76 Å². The van der Waals surface area contributed by atoms with E-state index in [9.17, 15) is 4.79 Å². The summed E-state index contributed by atoms with van der Waals surface area (Å²) < 4.78 is 11.5. The van der Waals surface area contributed by atoms with Gasteiger partial charge in [-0.1, -0.05) is 0 Å². The molecule has 0 radical (unpaired) electrons. The van der Waals surface area contributed by atoms with Crippen molar-refractivity contribution < 1.29 is 19.4 Å². The van der Waals surface area contributed by atoms with Crippen LogP contribution in [0.15, 0.2) is 11.8 Å². The topological polar surface area (TPSA) is 67.8 Å². The quantitative estimate of drug-likeness (QED) is 0.639. The number of carbonyl (C=O) groups is 1. The normalized spacial score (nSPS) is 28.0. The number of aliphatic hydroxyl groups excluding tert-OH is 1. The third-order valence-corrected chi connectivity index (χ3v) is 4.64. The Balaban J connectivity index is 1.51. The van der Waals surface area contributed by atoms with Gasteiger partial charge in [0.05, 0.1) is 6.61 Å². The van der Waals surface area contributed by atoms with Gasteiger partial charge in [-0.2, -0.15) is 0 Å². The first kappa shape index (κ1) is 15.8. The average Bonchev–Trinajstić information content (AvgIpc) is 3.40. The molecule has 2 saturated carbocycles. The fraction of sp³-hybridized carbons (Fsp3) is 0.824. The van der Waals surface area contributed by atoms with Crippen LogP contribution >= 0.6 is 0 Å². The van der Waals surface area contributed by atoms with Crippen LogP contribution in [0.2, 0.25) is 0 Å². The van der Waals surface area contributed by atoms with Crippen LogP contribution in [0.4, 0.5) is 0 Å². The Labute approximate surface area is 132 Å². The number of nitrogens with one attached hydrogen (secondary N) is 1. The fourth-order valence-electron chi connectivity index (χ4n) is 2.87. The van der Waals surface area contributed by atoms with Crippen LogP contribution in [-0.2, 0) is 14.3 Å². The van der Waals surface area contributed by atoms with Gasteiger partial charge in [-0.05, 0) is 62.4 Å². The van der Waals surface area contributed by atoms with Crippen molar-refractivity contribution in [2.45, 2.75) is 51.2 Å². The van der Waals surface area contributed by atoms with Crippen LogP contribution in [-0.4, -0.2) is 37.1 Å². The number of unbranched alkanes of at least 4 members (excludes halogenated alkanes) is 1. The highest BCUT2D eigenvalue weighted by molar-refractivity contribution is 5.91. The molecule has 1 amide bonds. The molecule has 2 fully saturated rings. The molecule has 0 saturated heterocycles. The lowest BCUT2D eigenvalue weighted by Crippen LogP contribution is -2.34. The number of carbonyl (C=O) groups excluding carboxylic acids is 1. The highest BCUT2D eigenvalue weighted by Gasteiger charge is 2.37. The van der Waals surface area contributed by atoms with Crippen LogP contribution in [0.1, 0.15) is 44.9 Å². The molecule has 0 aromatic carbocycles. The largest absolute Gasteiger partial charge is 0.459 e. The maximum atomic E-state index is 12.2. The standard InChI is InChI=1S/C17H27NO4/c19-7-1-2-8-21-16-10-14(13-5-6-13)9-15(22-16)17(20)18-11-12-3-4-12/h9,12-14,16,19H,1-8,10-11H2,(H,18,20)/t14-,16+/m1/s1. The molecule has 0 bridgehead atoms. The molecular weight excluding hydrogens is 282 g/mol. The summed E-state index contributed by atoms with van der Waals surface area (Å²) in [5, 5.41) is 11.8. The third kappa shape index (κ3) is 4.71. The summed E-state index contributed by atoms with van der Waals surface area (Å²) in [5.74, 6) is 2.10. The minimum absolute atomic E-state index is 0.0961. The molecule has 3 rings (SSSR count). The van der Waals surface area contributed by atoms with E-state index in [2.05, 4.69) is 5.32 Å². The van der Waals surface area contributed by atoms with Crippen LogP contribution in [0.25, 0.3) is 0 Å². The molecule has 0 aromatic rings. The van der Waals surface area contributed by atoms with Gasteiger partial charge >= 0.3 is 0 Å². The van der Waals surface area contributed by atoms with E-state index >= 15 is 0 Å². The lowest BCUT2D eigenvalue weighted by molar-refractivity contribution is -0.150. The summed E-state index contributed by atoms with van der Waals surface area (Å²) in [4.78, 5) is 12.2. The summed E-state index contributed by atoms with van der Waals surface area (Å²) >= 11 is 0. The molecule has 1 heterocycles. The molecule has 22 heavy (non-hydrogen) atoms. The molecule has 3 aliphatic rings. The first-order valence-corrected chi connectivity index (χ1v) is 8.65. The van der Waals surface area contributed by atoms with Crippen LogP contribution in [0.3, 0.4) is 0 Å². The molecule has 0 aromatic heterocycles. The van der Waals surface area contributed by atoms with Gasteiger partial charge in [0.1, 0.15) is 0 Å². The maximum Gasteiger partial charge on any atom is 0.286 e. The fourth-order valence-corrected chi connectivity index (χ4v) is 2.87. The van der Waals surface area contributed by atoms with Gasteiger partial charge in [-0.25, -0.2) is 0 Å². The lowest BCUT2D eigenvalue weighted by atomic mass is 9.96. The number of allylic oxidation sites excluding steroid dienone is 1. The van der Waals surface area contributed by atoms with Crippen molar-refractivity contribution >= 4 is 5.91 Å². The number of hydrogen-bond acceptors (Lipinski definition) is 4. The monoisotopic (exact) mass is 309 g/mol. The number of amides is 1. The van der Waals surface area contributed by atoms with E-state index in [-0.39, 0.29) is 18.8 Å². The van der Waals surface area contributed by atoms with Crippen molar-refractivity contribution in [3.63, 3.8) is 0 Å². The molecular formula is C17H27NO4. The zero-order chi connectivity index (χ0) is 15.4. The van der Waals surface area contributed by atoms with Gasteiger partial charge in [-0.3, -0.25) is 4.79 Å². The summed E-state index contributed by atoms with van der Waals surface area (Å²) in [6.45, 7) is 1.52. The van der Waals surface area contributed by atoms with E-state index in [1.165, 1.54) is 25.7 Å². The van der Waals surface area contributed by atoms with Crippen LogP contribution in [0, 0.1) is 17.8 Å². The van der Waals surface area contributed by atoms with E-state index < -0.39 is 0 Å². The summed E-state index contributed by atoms with van der Waals surface area (Å²) in [6, 6.07) is 0. The van der Waals surface area contributed by atoms with Crippen molar-refractivity contribution in [1.82, 2.24) is 5.32 Å². The second kappa shape index (κ2) is 7.47. The minimum atomic E-state index is -0.323. The maximum absolute atomic E-state index is 12.2. The van der Waals surface area contributed by atoms with E-state index in [0.29, 0.717) is 30.1 Å². The highest BCUT2D eigenvalue weighted by atomic mass is 16.7. The minimum Gasteiger partial charge on any atom is -0.459 e. The Hall–Kier alpha value is -1.07. The van der Waals surface area contributed by atoms with Gasteiger partial charge < -0.3 is 19.9 Å². The summed E-state index contributed by atoms with van der Waals surface area (Å²) in [6.07, 6.45) is 9.02. The van der Waals surface area contributed by atoms with Crippen molar-refractivity contribution in [2.75, 3.05) is 19.8 Å². The van der Waals surface area contributed by atoms with E-state index in [1.54, 1.807) is 0 Å². The van der Waals surface area contributed by atoms with E-state index in [1.807, 2.05) is 6.08 Å². The zero-order valence-electron chi connectivity index (χ0n) is 13.1. The van der Waals surface area contributed by atoms with Crippen molar-refractivity contribution in [2.24, 2.45) is 17.8 Å². The number of ether oxygens (including phenoxy) is 2. The summed E-state index contributed by atoms with van der Waals surface area (Å²) in [7, 11) is 0. The molecule has 124 valence electrons. The van der Waals surface area contributed by atoms with Gasteiger partial charge in [0, 0.05) is 19.6 Å². The Bertz CT molecular complexity index is 415. The predicted octanol–water partition coefficient (Wildman–Crippen LogP) is 1.96. The lowest BCUT2D eigenvalue weighted by Gasteiger charge is -2.29. The molecule has 5 heteroatoms. The molecule has 0 spiro atoms. The molecule has 2 aliphatic carbocycles. The number of rotatable bonds is 9. The number of hydrogen-bond donors (Lipinski definition) is 2. The molecule has 5 nitrogen and oxygen atoms in total. The average molecular weight is 309 g/mol. The van der Waals surface area contributed by atoms with Crippen LogP contribution in [0.5, 0.6) is 0 Å². The van der Waals surface area contributed by atoms with Crippen molar-refractivity contribution in [1.29, 1.82) is 0 Å². The molecule has 0 unspecified atom stereocenters. The highest BCUT2D eigenvalue weighted by Crippen LogP contribution is 2.42. The SMILES string of the molecule is O=C(NCC1CC1)C1=C[C@@H](C2CC2)C[C@@H](OCCCCO)O1. The van der Waals surface area contributed by atoms with Crippen molar-refractivity contribution in [3.8, 4) is 0 Å². The van der Waals surface area contributed by atoms with Gasteiger partial charge in [0.25, 0.3) is 5.91 Å². The molecule has 1 aliphatic heterocycles. The Morgan fingerprint density at radius 3 is 2.82 bits per heavy atom. The molecule has 2 N–H and O–H groups in total. The second-order valence-electron chi connectivity index (χ2n) is 6.77. The van der Waals surface area contributed by atoms with Gasteiger partial charge in [-0.15, -0.1) is 0 Å². The Morgan fingerprint density at radius 1 is 1.32 bits per heavy atom. The third-order valence-electron chi connectivity index (χ3n) is 4.64. The van der Waals surface area contributed by atoms with E-state index in [4.69, 9.17) is 14.6 Å². The van der Waals surface area contributed by atoms with Gasteiger partial charge in [0.2, 0.25) is 6.29 Å². The van der Waals surface area contributed by atoms with Crippen LogP contribution < -0.4 is 5.32 Å². The Morgan fingerprint density at radius 2 is 2.14 bits per heavy atom. The summed E-state index contributed by atoms with van der Waals surface area (Å²) in [5.41, 5.74) is 0. The Kier molecular flexibility index (Phi) is 5.37. The van der Waals surface area contributed by atoms with Crippen molar-refractivity contribution in [3.05, 3.63) is 11.8 Å².